The van der Waals surface area contributed by atoms with E-state index in [0.717, 1.165) is 17.6 Å². The van der Waals surface area contributed by atoms with Crippen LogP contribution in [0.4, 0.5) is 0 Å². The van der Waals surface area contributed by atoms with E-state index in [4.69, 9.17) is 0 Å². The van der Waals surface area contributed by atoms with E-state index in [2.05, 4.69) is 53.9 Å². The summed E-state index contributed by atoms with van der Waals surface area (Å²) < 4.78 is 1.04. The van der Waals surface area contributed by atoms with Gasteiger partial charge >= 0.3 is 0 Å². The van der Waals surface area contributed by atoms with Crippen molar-refractivity contribution in [1.29, 1.82) is 0 Å². The Hall–Kier alpha value is -0.630. The number of allylic oxidation sites excluding steroid dienone is 2. The lowest BCUT2D eigenvalue weighted by Gasteiger charge is -2.27. The van der Waals surface area contributed by atoms with E-state index < -0.39 is 0 Å². The highest BCUT2D eigenvalue weighted by Gasteiger charge is 2.09. The Balaban J connectivity index is 0. The van der Waals surface area contributed by atoms with Crippen LogP contribution < -0.4 is 4.70 Å². The maximum atomic E-state index is 2.30. The van der Waals surface area contributed by atoms with Crippen molar-refractivity contribution in [3.05, 3.63) is 23.3 Å². The topological polar surface area (TPSA) is 0 Å². The van der Waals surface area contributed by atoms with Gasteiger partial charge in [-0.25, -0.2) is 0 Å². The van der Waals surface area contributed by atoms with Gasteiger partial charge in [-0.05, 0) is 39.8 Å². The molecule has 0 aromatic heterocycles. The second kappa shape index (κ2) is 6.77. The van der Waals surface area contributed by atoms with Crippen molar-refractivity contribution in [3.63, 3.8) is 0 Å². The molecule has 0 amide bonds. The van der Waals surface area contributed by atoms with Gasteiger partial charge in [0.2, 0.25) is 0 Å². The summed E-state index contributed by atoms with van der Waals surface area (Å²) in [7, 11) is 4.53. The summed E-state index contributed by atoms with van der Waals surface area (Å²) in [5.41, 5.74) is 2.81. The van der Waals surface area contributed by atoms with Gasteiger partial charge in [0.05, 0.1) is 27.2 Å². The molecule has 0 aliphatic heterocycles. The second-order valence-corrected chi connectivity index (χ2v) is 4.86. The molecular weight excluding hydrogens is 177 g/mol. The average molecular weight is 201 g/mol. The molecule has 0 saturated heterocycles. The number of nitrogens with zero attached hydrogens (tertiary/aromatic N) is 1. The van der Waals surface area contributed by atoms with E-state index >= 15 is 0 Å². The Bertz CT molecular complexity index is 184. The van der Waals surface area contributed by atoms with E-state index in [-0.39, 0.29) is 4.70 Å². The molecule has 0 bridgehead atoms. The van der Waals surface area contributed by atoms with Crippen molar-refractivity contribution in [3.8, 4) is 0 Å². The smallest absolute Gasteiger partial charge is 0.0974 e. The number of likely N-dealkylation sites (N-methyl/N-ethyl adjacent to an activating group) is 1. The van der Waals surface area contributed by atoms with Crippen LogP contribution in [0.15, 0.2) is 23.3 Å². The molecule has 0 spiro atoms. The third-order valence-electron chi connectivity index (χ3n) is 1.99. The molecule has 0 aromatic rings. The molecule has 0 radical (unpaired) electrons. The molecule has 0 aromatic carbocycles. The Labute approximate surface area is 88.1 Å². The predicted molar refractivity (Wildman–Crippen MR) is 60.7 cm³/mol. The molecule has 0 aliphatic rings. The Morgan fingerprint density at radius 1 is 0.857 bits per heavy atom. The van der Waals surface area contributed by atoms with Gasteiger partial charge in [-0.3, -0.25) is 0 Å². The number of hydrogen-bond acceptors (Lipinski definition) is 0. The zero-order valence-corrected chi connectivity index (χ0v) is 10.4. The molecule has 0 N–H and O–H groups in total. The van der Waals surface area contributed by atoms with Crippen LogP contribution in [-0.2, 0) is 0 Å². The summed E-state index contributed by atoms with van der Waals surface area (Å²) in [5.74, 6) is 0. The number of hydrogen-bond donors (Lipinski definition) is 0. The zero-order valence-electron chi connectivity index (χ0n) is 10.4. The third-order valence-corrected chi connectivity index (χ3v) is 1.99. The van der Waals surface area contributed by atoms with Crippen molar-refractivity contribution >= 4 is 0 Å². The second-order valence-electron chi connectivity index (χ2n) is 4.86. The van der Waals surface area contributed by atoms with E-state index in [1.165, 1.54) is 11.1 Å². The van der Waals surface area contributed by atoms with Crippen LogP contribution in [0.1, 0.15) is 27.7 Å². The monoisotopic (exact) mass is 201 g/mol. The van der Waals surface area contributed by atoms with Crippen LogP contribution in [0.5, 0.6) is 0 Å². The Kier molecular flexibility index (Phi) is 7.65. The quantitative estimate of drug-likeness (QED) is 0.444. The fourth-order valence-corrected chi connectivity index (χ4v) is 0.934. The first-order chi connectivity index (χ1) is 5.83. The van der Waals surface area contributed by atoms with Gasteiger partial charge in [-0.15, -0.1) is 0 Å². The zero-order chi connectivity index (χ0) is 10.5. The first kappa shape index (κ1) is 15.8. The summed E-state index contributed by atoms with van der Waals surface area (Å²) in [6.07, 6.45) is 4.61. The van der Waals surface area contributed by atoms with Crippen LogP contribution in [-0.4, -0.2) is 31.7 Å². The molecule has 0 aliphatic carbocycles. The molecule has 0 heterocycles. The largest absolute Gasteiger partial charge is 1.00 e. The first-order valence-electron chi connectivity index (χ1n) is 4.92. The SMILES string of the molecule is CC(C)=CC[N+](C)(C)CC=C(C)C.[F-]. The van der Waals surface area contributed by atoms with Crippen molar-refractivity contribution < 1.29 is 9.19 Å². The molecule has 84 valence electrons. The Morgan fingerprint density at radius 3 is 1.36 bits per heavy atom. The van der Waals surface area contributed by atoms with Crippen LogP contribution in [0, 0.1) is 0 Å². The lowest BCUT2D eigenvalue weighted by atomic mass is 10.2. The lowest BCUT2D eigenvalue weighted by molar-refractivity contribution is -0.878. The fraction of sp³-hybridized carbons (Fsp3) is 0.667. The summed E-state index contributed by atoms with van der Waals surface area (Å²) in [6, 6.07) is 0. The predicted octanol–water partition coefficient (Wildman–Crippen LogP) is -0.000800. The molecule has 14 heavy (non-hydrogen) atoms. The van der Waals surface area contributed by atoms with Crippen molar-refractivity contribution in [2.75, 3.05) is 27.2 Å². The van der Waals surface area contributed by atoms with Gasteiger partial charge in [-0.2, -0.15) is 0 Å². The molecule has 0 rings (SSSR count). The molecule has 0 saturated carbocycles. The molecule has 1 nitrogen and oxygen atoms in total. The number of quaternary nitrogens is 1. The molecule has 0 fully saturated rings. The van der Waals surface area contributed by atoms with Crippen LogP contribution in [0.25, 0.3) is 0 Å². The van der Waals surface area contributed by atoms with Crippen LogP contribution in [0.2, 0.25) is 0 Å². The Morgan fingerprint density at radius 2 is 1.14 bits per heavy atom. The average Bonchev–Trinajstić information content (AvgIpc) is 1.98. The normalized spacial score (nSPS) is 10.1. The molecule has 2 heteroatoms. The van der Waals surface area contributed by atoms with E-state index in [0.29, 0.717) is 0 Å². The summed E-state index contributed by atoms with van der Waals surface area (Å²) in [6.45, 7) is 10.8. The van der Waals surface area contributed by atoms with E-state index in [1.807, 2.05) is 0 Å². The minimum Gasteiger partial charge on any atom is -1.00 e. The van der Waals surface area contributed by atoms with Crippen molar-refractivity contribution in [1.82, 2.24) is 0 Å². The summed E-state index contributed by atoms with van der Waals surface area (Å²) >= 11 is 0. The van der Waals surface area contributed by atoms with E-state index in [9.17, 15) is 0 Å². The fourth-order valence-electron chi connectivity index (χ4n) is 0.934. The highest BCUT2D eigenvalue weighted by Crippen LogP contribution is 2.02. The van der Waals surface area contributed by atoms with Gasteiger partial charge in [0, 0.05) is 0 Å². The number of rotatable bonds is 4. The lowest BCUT2D eigenvalue weighted by Crippen LogP contribution is -3.00. The van der Waals surface area contributed by atoms with Gasteiger partial charge in [0.1, 0.15) is 0 Å². The standard InChI is InChI=1S/C12H24N.FH/c1-11(2)7-9-13(5,6)10-8-12(3)4;/h7-8H,9-10H2,1-6H3;1H/q+1;/p-1. The van der Waals surface area contributed by atoms with Crippen molar-refractivity contribution in [2.45, 2.75) is 27.7 Å². The van der Waals surface area contributed by atoms with Gasteiger partial charge in [-0.1, -0.05) is 11.1 Å². The van der Waals surface area contributed by atoms with Crippen LogP contribution >= 0.6 is 0 Å². The minimum atomic E-state index is 0. The molecule has 0 unspecified atom stereocenters. The molecule has 0 atom stereocenters. The minimum absolute atomic E-state index is 0. The maximum absolute atomic E-state index is 2.30. The summed E-state index contributed by atoms with van der Waals surface area (Å²) in [5, 5.41) is 0. The van der Waals surface area contributed by atoms with Gasteiger partial charge < -0.3 is 9.19 Å². The highest BCUT2D eigenvalue weighted by atomic mass is 19.0. The third kappa shape index (κ3) is 9.46. The maximum Gasteiger partial charge on any atom is 0.0974 e. The first-order valence-corrected chi connectivity index (χ1v) is 4.92. The molecular formula is C12H24FN. The highest BCUT2D eigenvalue weighted by molar-refractivity contribution is 4.95. The van der Waals surface area contributed by atoms with Gasteiger partial charge in [0.25, 0.3) is 0 Å². The summed E-state index contributed by atoms with van der Waals surface area (Å²) in [4.78, 5) is 0. The van der Waals surface area contributed by atoms with Crippen molar-refractivity contribution in [2.24, 2.45) is 0 Å². The van der Waals surface area contributed by atoms with Crippen LogP contribution in [0.3, 0.4) is 0 Å². The number of halogens is 1. The van der Waals surface area contributed by atoms with E-state index in [1.54, 1.807) is 0 Å². The van der Waals surface area contributed by atoms with Gasteiger partial charge in [0.15, 0.2) is 0 Å².